The number of aromatic nitrogens is 1. The van der Waals surface area contributed by atoms with Crippen molar-refractivity contribution in [1.82, 2.24) is 4.98 Å². The summed E-state index contributed by atoms with van der Waals surface area (Å²) < 4.78 is 0. The van der Waals surface area contributed by atoms with Crippen molar-refractivity contribution in [2.24, 2.45) is 5.73 Å². The van der Waals surface area contributed by atoms with Gasteiger partial charge in [-0.2, -0.15) is 0 Å². The Morgan fingerprint density at radius 1 is 1.21 bits per heavy atom. The highest BCUT2D eigenvalue weighted by atomic mass is 14.7. The molecule has 2 rings (SSSR count). The van der Waals surface area contributed by atoms with Gasteiger partial charge in [0, 0.05) is 23.8 Å². The average molecular weight is 186 g/mol. The Balaban J connectivity index is 2.91. The van der Waals surface area contributed by atoms with E-state index in [4.69, 9.17) is 5.73 Å². The quantitative estimate of drug-likeness (QED) is 0.742. The van der Waals surface area contributed by atoms with Crippen molar-refractivity contribution >= 4 is 10.8 Å². The maximum atomic E-state index is 5.70. The Kier molecular flexibility index (Phi) is 2.22. The molecular formula is C12H14N2. The highest BCUT2D eigenvalue weighted by Crippen LogP contribution is 2.23. The van der Waals surface area contributed by atoms with Crippen molar-refractivity contribution < 1.29 is 0 Å². The zero-order valence-electron chi connectivity index (χ0n) is 8.54. The van der Waals surface area contributed by atoms with Crippen LogP contribution in [0.3, 0.4) is 0 Å². The molecule has 0 radical (unpaired) electrons. The van der Waals surface area contributed by atoms with E-state index in [1.54, 1.807) is 0 Å². The summed E-state index contributed by atoms with van der Waals surface area (Å²) in [5.74, 6) is 0. The first-order chi connectivity index (χ1) is 6.74. The number of rotatable bonds is 1. The van der Waals surface area contributed by atoms with Crippen LogP contribution in [0.4, 0.5) is 0 Å². The van der Waals surface area contributed by atoms with Crippen LogP contribution in [0.5, 0.6) is 0 Å². The van der Waals surface area contributed by atoms with Crippen LogP contribution in [-0.4, -0.2) is 4.98 Å². The molecule has 0 saturated carbocycles. The summed E-state index contributed by atoms with van der Waals surface area (Å²) in [7, 11) is 0. The molecular weight excluding hydrogens is 172 g/mol. The van der Waals surface area contributed by atoms with Crippen LogP contribution in [0.25, 0.3) is 10.8 Å². The standard InChI is InChI=1S/C12H14N2/c1-8-3-4-10(7-13)11-5-6-14-9(2)12(8)11/h3-6H,7,13H2,1-2H3. The van der Waals surface area contributed by atoms with Gasteiger partial charge < -0.3 is 5.73 Å². The number of fused-ring (bicyclic) bond motifs is 1. The van der Waals surface area contributed by atoms with Crippen molar-refractivity contribution in [1.29, 1.82) is 0 Å². The molecule has 0 bridgehead atoms. The summed E-state index contributed by atoms with van der Waals surface area (Å²) >= 11 is 0. The van der Waals surface area contributed by atoms with Crippen LogP contribution in [0, 0.1) is 13.8 Å². The van der Waals surface area contributed by atoms with Gasteiger partial charge >= 0.3 is 0 Å². The van der Waals surface area contributed by atoms with E-state index in [2.05, 4.69) is 24.0 Å². The van der Waals surface area contributed by atoms with Crippen LogP contribution < -0.4 is 5.73 Å². The summed E-state index contributed by atoms with van der Waals surface area (Å²) in [5.41, 5.74) is 9.23. The van der Waals surface area contributed by atoms with Gasteiger partial charge in [0.05, 0.1) is 0 Å². The van der Waals surface area contributed by atoms with Crippen molar-refractivity contribution in [2.75, 3.05) is 0 Å². The van der Waals surface area contributed by atoms with Gasteiger partial charge in [-0.25, -0.2) is 0 Å². The lowest BCUT2D eigenvalue weighted by Gasteiger charge is -2.08. The maximum Gasteiger partial charge on any atom is 0.0453 e. The number of hydrogen-bond donors (Lipinski definition) is 1. The Bertz CT molecular complexity index is 467. The van der Waals surface area contributed by atoms with Gasteiger partial charge in [0.25, 0.3) is 0 Å². The van der Waals surface area contributed by atoms with E-state index in [1.807, 2.05) is 19.2 Å². The number of nitrogens with two attached hydrogens (primary N) is 1. The highest BCUT2D eigenvalue weighted by Gasteiger charge is 2.04. The molecule has 14 heavy (non-hydrogen) atoms. The Morgan fingerprint density at radius 3 is 2.71 bits per heavy atom. The molecule has 2 heteroatoms. The van der Waals surface area contributed by atoms with Crippen molar-refractivity contribution in [3.63, 3.8) is 0 Å². The summed E-state index contributed by atoms with van der Waals surface area (Å²) in [6.07, 6.45) is 1.84. The molecule has 0 aliphatic carbocycles. The first kappa shape index (κ1) is 9.16. The van der Waals surface area contributed by atoms with Gasteiger partial charge in [-0.05, 0) is 36.4 Å². The largest absolute Gasteiger partial charge is 0.326 e. The number of benzene rings is 1. The predicted octanol–water partition coefficient (Wildman–Crippen LogP) is 2.31. The summed E-state index contributed by atoms with van der Waals surface area (Å²) in [6.45, 7) is 4.73. The fraction of sp³-hybridized carbons (Fsp3) is 0.250. The van der Waals surface area contributed by atoms with E-state index >= 15 is 0 Å². The minimum absolute atomic E-state index is 0.584. The van der Waals surface area contributed by atoms with E-state index < -0.39 is 0 Å². The second-order valence-corrected chi connectivity index (χ2v) is 3.56. The topological polar surface area (TPSA) is 38.9 Å². The molecule has 2 N–H and O–H groups in total. The van der Waals surface area contributed by atoms with Gasteiger partial charge in [0.15, 0.2) is 0 Å². The summed E-state index contributed by atoms with van der Waals surface area (Å²) in [6, 6.07) is 6.24. The number of aryl methyl sites for hydroxylation is 2. The maximum absolute atomic E-state index is 5.70. The third kappa shape index (κ3) is 1.28. The molecule has 0 unspecified atom stereocenters. The van der Waals surface area contributed by atoms with E-state index in [0.29, 0.717) is 6.54 Å². The van der Waals surface area contributed by atoms with Crippen LogP contribution in [0.2, 0.25) is 0 Å². The van der Waals surface area contributed by atoms with Crippen LogP contribution >= 0.6 is 0 Å². The lowest BCUT2D eigenvalue weighted by atomic mass is 10.00. The van der Waals surface area contributed by atoms with Crippen molar-refractivity contribution in [3.05, 3.63) is 41.2 Å². The van der Waals surface area contributed by atoms with E-state index in [9.17, 15) is 0 Å². The van der Waals surface area contributed by atoms with Crippen molar-refractivity contribution in [3.8, 4) is 0 Å². The summed E-state index contributed by atoms with van der Waals surface area (Å²) in [5, 5.41) is 2.48. The van der Waals surface area contributed by atoms with E-state index in [1.165, 1.54) is 21.9 Å². The molecule has 2 aromatic rings. The molecule has 0 aliphatic heterocycles. The lowest BCUT2D eigenvalue weighted by Crippen LogP contribution is -1.99. The molecule has 72 valence electrons. The first-order valence-corrected chi connectivity index (χ1v) is 4.78. The van der Waals surface area contributed by atoms with Crippen LogP contribution in [0.1, 0.15) is 16.8 Å². The predicted molar refractivity (Wildman–Crippen MR) is 59.1 cm³/mol. The normalized spacial score (nSPS) is 10.8. The molecule has 1 aromatic heterocycles. The monoisotopic (exact) mass is 186 g/mol. The summed E-state index contributed by atoms with van der Waals surface area (Å²) in [4.78, 5) is 4.30. The number of pyridine rings is 1. The zero-order valence-corrected chi connectivity index (χ0v) is 8.54. The molecule has 2 nitrogen and oxygen atoms in total. The number of nitrogens with zero attached hydrogens (tertiary/aromatic N) is 1. The Morgan fingerprint density at radius 2 is 2.00 bits per heavy atom. The van der Waals surface area contributed by atoms with E-state index in [0.717, 1.165) is 5.69 Å². The fourth-order valence-corrected chi connectivity index (χ4v) is 1.91. The molecule has 1 heterocycles. The minimum atomic E-state index is 0.584. The van der Waals surface area contributed by atoms with Crippen molar-refractivity contribution in [2.45, 2.75) is 20.4 Å². The molecule has 0 atom stereocenters. The minimum Gasteiger partial charge on any atom is -0.326 e. The van der Waals surface area contributed by atoms with Crippen LogP contribution in [-0.2, 0) is 6.54 Å². The highest BCUT2D eigenvalue weighted by molar-refractivity contribution is 5.90. The smallest absolute Gasteiger partial charge is 0.0453 e. The van der Waals surface area contributed by atoms with Gasteiger partial charge in [-0.15, -0.1) is 0 Å². The lowest BCUT2D eigenvalue weighted by molar-refractivity contribution is 1.08. The molecule has 0 aliphatic rings. The van der Waals surface area contributed by atoms with Crippen LogP contribution in [0.15, 0.2) is 24.4 Å². The SMILES string of the molecule is Cc1ccc(CN)c2ccnc(C)c12. The van der Waals surface area contributed by atoms with Gasteiger partial charge in [-0.1, -0.05) is 12.1 Å². The second kappa shape index (κ2) is 3.39. The molecule has 0 spiro atoms. The molecule has 0 amide bonds. The fourth-order valence-electron chi connectivity index (χ4n) is 1.91. The van der Waals surface area contributed by atoms with Gasteiger partial charge in [-0.3, -0.25) is 4.98 Å². The third-order valence-electron chi connectivity index (χ3n) is 2.64. The molecule has 0 saturated heterocycles. The zero-order chi connectivity index (χ0) is 10.1. The Labute approximate surface area is 83.8 Å². The first-order valence-electron chi connectivity index (χ1n) is 4.78. The number of hydrogen-bond acceptors (Lipinski definition) is 2. The molecule has 1 aromatic carbocycles. The third-order valence-corrected chi connectivity index (χ3v) is 2.64. The van der Waals surface area contributed by atoms with Gasteiger partial charge in [0.2, 0.25) is 0 Å². The molecule has 0 fully saturated rings. The Hall–Kier alpha value is -1.41. The van der Waals surface area contributed by atoms with Gasteiger partial charge in [0.1, 0.15) is 0 Å². The van der Waals surface area contributed by atoms with E-state index in [-0.39, 0.29) is 0 Å². The average Bonchev–Trinajstić information content (AvgIpc) is 2.18. The second-order valence-electron chi connectivity index (χ2n) is 3.56.